The maximum atomic E-state index is 13.2. The second-order valence-electron chi connectivity index (χ2n) is 15.7. The van der Waals surface area contributed by atoms with E-state index in [0.29, 0.717) is 36.6 Å². The summed E-state index contributed by atoms with van der Waals surface area (Å²) in [7, 11) is 0. The predicted octanol–water partition coefficient (Wildman–Crippen LogP) is 14.5. The Kier molecular flexibility index (Phi) is 34.4. The van der Waals surface area contributed by atoms with Gasteiger partial charge in [-0.2, -0.15) is 0 Å². The van der Waals surface area contributed by atoms with E-state index < -0.39 is 0 Å². The number of nitrogens with one attached hydrogen (secondary N) is 2. The molecule has 302 valence electrons. The molecule has 1 rings (SSSR count). The molecule has 0 aliphatic heterocycles. The Balaban J connectivity index is 2.39. The predicted molar refractivity (Wildman–Crippen MR) is 226 cm³/mol. The van der Waals surface area contributed by atoms with Crippen LogP contribution in [0.3, 0.4) is 0 Å². The van der Waals surface area contributed by atoms with Crippen molar-refractivity contribution >= 4 is 11.8 Å². The average Bonchev–Trinajstić information content (AvgIpc) is 3.15. The molecule has 2 amide bonds. The summed E-state index contributed by atoms with van der Waals surface area (Å²) >= 11 is 0. The van der Waals surface area contributed by atoms with Gasteiger partial charge in [0, 0.05) is 18.7 Å². The molecule has 1 aromatic rings. The highest BCUT2D eigenvalue weighted by Gasteiger charge is 2.16. The third-order valence-corrected chi connectivity index (χ3v) is 10.6. The van der Waals surface area contributed by atoms with E-state index in [-0.39, 0.29) is 11.8 Å². The Morgan fingerprint density at radius 1 is 0.423 bits per heavy atom. The number of carbonyl (C=O) groups excluding carboxylic acids is 2. The molecule has 52 heavy (non-hydrogen) atoms. The zero-order valence-electron chi connectivity index (χ0n) is 34.9. The normalized spacial score (nSPS) is 11.2. The van der Waals surface area contributed by atoms with Crippen LogP contribution in [-0.2, 0) is 0 Å². The molecule has 1 aromatic carbocycles. The first-order valence-electron chi connectivity index (χ1n) is 23.0. The molecule has 0 saturated carbocycles. The first kappa shape index (κ1) is 48.0. The first-order valence-corrected chi connectivity index (χ1v) is 23.0. The van der Waals surface area contributed by atoms with Crippen LogP contribution < -0.4 is 15.4 Å². The summed E-state index contributed by atoms with van der Waals surface area (Å²) < 4.78 is 6.19. The largest absolute Gasteiger partial charge is 0.493 e. The minimum absolute atomic E-state index is 0.0846. The van der Waals surface area contributed by atoms with Crippen molar-refractivity contribution in [2.45, 2.75) is 233 Å². The fraction of sp³-hybridized carbons (Fsp3) is 0.830. The van der Waals surface area contributed by atoms with Crippen LogP contribution in [0.15, 0.2) is 18.2 Å². The Bertz CT molecular complexity index is 949. The molecule has 0 radical (unpaired) electrons. The molecular weight excluding hydrogens is 641 g/mol. The Hall–Kier alpha value is -2.04. The van der Waals surface area contributed by atoms with Gasteiger partial charge in [-0.1, -0.05) is 213 Å². The van der Waals surface area contributed by atoms with E-state index in [1.165, 1.54) is 173 Å². The standard InChI is InChI=1S/C47H86N2O3/c1-4-7-10-13-16-18-20-22-24-26-28-31-34-39-48-46(50)43-37-38-44(45(42-43)52-41-36-33-30-15-12-9-6-3)47(51)49-40-35-32-29-27-25-23-21-19-17-14-11-8-5-2/h37-38,42H,4-36,39-41H2,1-3H3,(H,48,50)(H,49,51). The maximum Gasteiger partial charge on any atom is 0.255 e. The highest BCUT2D eigenvalue weighted by molar-refractivity contribution is 6.00. The van der Waals surface area contributed by atoms with Crippen LogP contribution in [0.2, 0.25) is 0 Å². The van der Waals surface area contributed by atoms with Crippen molar-refractivity contribution in [3.05, 3.63) is 29.3 Å². The van der Waals surface area contributed by atoms with Crippen LogP contribution in [0.5, 0.6) is 5.75 Å². The van der Waals surface area contributed by atoms with E-state index in [2.05, 4.69) is 31.4 Å². The van der Waals surface area contributed by atoms with Gasteiger partial charge in [-0.15, -0.1) is 0 Å². The zero-order chi connectivity index (χ0) is 37.6. The van der Waals surface area contributed by atoms with E-state index in [0.717, 1.165) is 38.5 Å². The van der Waals surface area contributed by atoms with Crippen LogP contribution >= 0.6 is 0 Å². The van der Waals surface area contributed by atoms with Crippen LogP contribution in [0, 0.1) is 0 Å². The van der Waals surface area contributed by atoms with Crippen molar-refractivity contribution in [1.82, 2.24) is 10.6 Å². The van der Waals surface area contributed by atoms with E-state index in [1.807, 2.05) is 0 Å². The molecule has 0 heterocycles. The fourth-order valence-electron chi connectivity index (χ4n) is 7.10. The lowest BCUT2D eigenvalue weighted by Crippen LogP contribution is -2.26. The first-order chi connectivity index (χ1) is 25.6. The van der Waals surface area contributed by atoms with Crippen LogP contribution in [0.25, 0.3) is 0 Å². The Morgan fingerprint density at radius 2 is 0.750 bits per heavy atom. The summed E-state index contributed by atoms with van der Waals surface area (Å²) in [6, 6.07) is 5.33. The molecule has 0 aliphatic carbocycles. The van der Waals surface area contributed by atoms with Crippen molar-refractivity contribution in [1.29, 1.82) is 0 Å². The molecule has 0 aliphatic rings. The smallest absolute Gasteiger partial charge is 0.255 e. The number of unbranched alkanes of at least 4 members (excludes halogenated alkanes) is 30. The molecule has 2 N–H and O–H groups in total. The van der Waals surface area contributed by atoms with Crippen molar-refractivity contribution in [2.24, 2.45) is 0 Å². The van der Waals surface area contributed by atoms with Crippen molar-refractivity contribution in [3.8, 4) is 5.75 Å². The van der Waals surface area contributed by atoms with Gasteiger partial charge in [-0.05, 0) is 37.5 Å². The lowest BCUT2D eigenvalue weighted by molar-refractivity contribution is 0.0937. The SMILES string of the molecule is CCCCCCCCCCCCCCCNC(=O)c1ccc(C(=O)NCCCCCCCCCCCCCCC)c(OCCCCCCCCC)c1. The molecule has 0 unspecified atom stereocenters. The van der Waals surface area contributed by atoms with Crippen molar-refractivity contribution in [2.75, 3.05) is 19.7 Å². The highest BCUT2D eigenvalue weighted by Crippen LogP contribution is 2.22. The minimum atomic E-state index is -0.104. The van der Waals surface area contributed by atoms with Crippen molar-refractivity contribution in [3.63, 3.8) is 0 Å². The third kappa shape index (κ3) is 28.5. The maximum absolute atomic E-state index is 13.2. The summed E-state index contributed by atoms with van der Waals surface area (Å²) in [5, 5.41) is 6.22. The summed E-state index contributed by atoms with van der Waals surface area (Å²) in [5.41, 5.74) is 1.10. The van der Waals surface area contributed by atoms with E-state index in [1.54, 1.807) is 18.2 Å². The summed E-state index contributed by atoms with van der Waals surface area (Å²) in [6.07, 6.45) is 42.6. The third-order valence-electron chi connectivity index (χ3n) is 10.6. The highest BCUT2D eigenvalue weighted by atomic mass is 16.5. The van der Waals surface area contributed by atoms with Gasteiger partial charge in [0.1, 0.15) is 5.75 Å². The molecule has 0 saturated heterocycles. The number of hydrogen-bond donors (Lipinski definition) is 2. The lowest BCUT2D eigenvalue weighted by Gasteiger charge is -2.14. The number of rotatable bonds is 39. The lowest BCUT2D eigenvalue weighted by atomic mass is 10.0. The van der Waals surface area contributed by atoms with Gasteiger partial charge in [-0.25, -0.2) is 0 Å². The van der Waals surface area contributed by atoms with Gasteiger partial charge in [0.2, 0.25) is 0 Å². The molecule has 0 atom stereocenters. The van der Waals surface area contributed by atoms with Crippen molar-refractivity contribution < 1.29 is 14.3 Å². The van der Waals surface area contributed by atoms with Gasteiger partial charge in [0.15, 0.2) is 0 Å². The number of hydrogen-bond acceptors (Lipinski definition) is 3. The molecule has 0 bridgehead atoms. The molecule has 5 nitrogen and oxygen atoms in total. The van der Waals surface area contributed by atoms with E-state index >= 15 is 0 Å². The average molecular weight is 727 g/mol. The molecule has 0 fully saturated rings. The van der Waals surface area contributed by atoms with Gasteiger partial charge in [0.25, 0.3) is 11.8 Å². The molecule has 5 heteroatoms. The molecular formula is C47H86N2O3. The molecule has 0 aromatic heterocycles. The van der Waals surface area contributed by atoms with Crippen LogP contribution in [0.4, 0.5) is 0 Å². The number of carbonyl (C=O) groups is 2. The zero-order valence-corrected chi connectivity index (χ0v) is 34.9. The van der Waals surface area contributed by atoms with Crippen LogP contribution in [-0.4, -0.2) is 31.5 Å². The quantitative estimate of drug-likeness (QED) is 0.0664. The van der Waals surface area contributed by atoms with Gasteiger partial charge < -0.3 is 15.4 Å². The van der Waals surface area contributed by atoms with Gasteiger partial charge in [0.05, 0.1) is 12.2 Å². The van der Waals surface area contributed by atoms with Gasteiger partial charge in [-0.3, -0.25) is 9.59 Å². The Labute approximate surface area is 323 Å². The topological polar surface area (TPSA) is 67.4 Å². The number of amides is 2. The fourth-order valence-corrected chi connectivity index (χ4v) is 7.10. The summed E-state index contributed by atoms with van der Waals surface area (Å²) in [4.78, 5) is 26.3. The van der Waals surface area contributed by atoms with Crippen LogP contribution in [0.1, 0.15) is 253 Å². The monoisotopic (exact) mass is 727 g/mol. The summed E-state index contributed by atoms with van der Waals surface area (Å²) in [5.74, 6) is 0.341. The van der Waals surface area contributed by atoms with E-state index in [9.17, 15) is 9.59 Å². The van der Waals surface area contributed by atoms with E-state index in [4.69, 9.17) is 4.74 Å². The second-order valence-corrected chi connectivity index (χ2v) is 15.7. The Morgan fingerprint density at radius 3 is 1.13 bits per heavy atom. The van der Waals surface area contributed by atoms with Gasteiger partial charge >= 0.3 is 0 Å². The minimum Gasteiger partial charge on any atom is -0.493 e. The number of benzene rings is 1. The second kappa shape index (κ2) is 37.3. The number of ether oxygens (including phenoxy) is 1. The molecule has 0 spiro atoms. The summed E-state index contributed by atoms with van der Waals surface area (Å²) in [6.45, 7) is 8.73.